The van der Waals surface area contributed by atoms with Crippen LogP contribution in [-0.4, -0.2) is 218 Å². The summed E-state index contributed by atoms with van der Waals surface area (Å²) in [5.41, 5.74) is 2.34. The predicted molar refractivity (Wildman–Crippen MR) is 300 cm³/mol. The number of ether oxygens (including phenoxy) is 12. The molecule has 22 nitrogen and oxygen atoms in total. The average molecular weight is 1150 g/mol. The fraction of sp³-hybridized carbons (Fsp3) is 0.702. The molecule has 454 valence electrons. The Bertz CT molecular complexity index is 2200. The minimum absolute atomic E-state index is 0.0261. The lowest BCUT2D eigenvalue weighted by molar-refractivity contribution is -0.122. The van der Waals surface area contributed by atoms with Crippen molar-refractivity contribution in [3.05, 3.63) is 77.1 Å². The van der Waals surface area contributed by atoms with Crippen LogP contribution in [-0.2, 0) is 83.4 Å². The van der Waals surface area contributed by atoms with Crippen LogP contribution in [0.4, 0.5) is 0 Å². The number of benzene rings is 2. The van der Waals surface area contributed by atoms with E-state index in [0.29, 0.717) is 189 Å². The number of sulfone groups is 1. The van der Waals surface area contributed by atoms with Crippen LogP contribution in [0, 0.1) is 18.3 Å². The number of hydrogen-bond donors (Lipinski definition) is 2. The minimum Gasteiger partial charge on any atom is -0.379 e. The molecule has 0 fully saturated rings. The van der Waals surface area contributed by atoms with Crippen LogP contribution in [0.3, 0.4) is 0 Å². The average Bonchev–Trinajstić information content (AvgIpc) is 3.93. The van der Waals surface area contributed by atoms with E-state index in [0.717, 1.165) is 11.3 Å². The minimum atomic E-state index is -3.70. The molecule has 0 aliphatic carbocycles. The van der Waals surface area contributed by atoms with Gasteiger partial charge in [0.25, 0.3) is 5.91 Å². The molecular weight excluding hydrogens is 1060 g/mol. The fourth-order valence-electron chi connectivity index (χ4n) is 7.26. The first kappa shape index (κ1) is 69.9. The second kappa shape index (κ2) is 41.6. The summed E-state index contributed by atoms with van der Waals surface area (Å²) < 4.78 is 94.6. The van der Waals surface area contributed by atoms with E-state index < -0.39 is 15.8 Å². The van der Waals surface area contributed by atoms with Crippen LogP contribution in [0.5, 0.6) is 0 Å². The third-order valence-corrected chi connectivity index (χ3v) is 13.4. The number of Topliss-reactive ketones (excluding diaryl/α,β-unsaturated/α-hetero) is 1. The number of carbonyl (C=O) groups is 3. The van der Waals surface area contributed by atoms with Crippen LogP contribution in [0.25, 0.3) is 0 Å². The van der Waals surface area contributed by atoms with Crippen molar-refractivity contribution in [1.29, 1.82) is 0 Å². The van der Waals surface area contributed by atoms with Gasteiger partial charge in [-0.05, 0) is 43.0 Å². The molecule has 80 heavy (non-hydrogen) atoms. The summed E-state index contributed by atoms with van der Waals surface area (Å²) in [6, 6.07) is 12.9. The van der Waals surface area contributed by atoms with Gasteiger partial charge in [-0.2, -0.15) is 0 Å². The predicted octanol–water partition coefficient (Wildman–Crippen LogP) is 4.73. The maximum absolute atomic E-state index is 13.6. The summed E-state index contributed by atoms with van der Waals surface area (Å²) in [6.45, 7) is 25.6. The molecule has 0 bridgehead atoms. The summed E-state index contributed by atoms with van der Waals surface area (Å²) in [5.74, 6) is -1.72. The molecule has 2 aromatic carbocycles. The first-order valence-electron chi connectivity index (χ1n) is 27.8. The number of aromatic nitrogens is 3. The Balaban J connectivity index is 0.988. The zero-order chi connectivity index (χ0) is 58.2. The van der Waals surface area contributed by atoms with Gasteiger partial charge in [0.2, 0.25) is 5.91 Å². The SMILES string of the molecule is Cc1ccc(S(=O)(=O)CC(CC(C)(C)C)C(=O)c2ccc(C(=O)NCCOCCOCCOCCOCCOCCOCCOCCOCCC(=O)NCCOCCOCCOCCOCCn3cc(C(C)(C)C)nn3)cc2)cc1. The molecule has 0 aliphatic heterocycles. The molecule has 3 aromatic rings. The van der Waals surface area contributed by atoms with E-state index >= 15 is 0 Å². The fourth-order valence-corrected chi connectivity index (χ4v) is 8.80. The van der Waals surface area contributed by atoms with Gasteiger partial charge in [-0.3, -0.25) is 14.4 Å². The van der Waals surface area contributed by atoms with Gasteiger partial charge in [0.15, 0.2) is 15.6 Å². The molecule has 0 saturated carbocycles. The van der Waals surface area contributed by atoms with Crippen molar-refractivity contribution in [2.75, 3.05) is 177 Å². The lowest BCUT2D eigenvalue weighted by Gasteiger charge is -2.25. The number of hydrogen-bond acceptors (Lipinski definition) is 19. The standard InChI is InChI=1S/C57H93N5O17S/c1-47-8-14-51(15-9-47)80(66,67)46-50(44-56(2,3)4)54(64)48-10-12-49(13-11-48)55(65)59-18-22-70-26-30-74-34-37-77-39-41-79-43-42-78-40-38-76-36-32-72-28-24-68-20-16-53(63)58-17-21-69-25-29-73-33-35-75-31-27-71-23-19-62-45-52(60-61-62)57(5,6)7/h8-15,45,50H,16-44,46H2,1-7H3,(H,58,63)(H,59,65). The number of nitrogens with one attached hydrogen (secondary N) is 2. The van der Waals surface area contributed by atoms with Crippen molar-refractivity contribution in [3.63, 3.8) is 0 Å². The maximum Gasteiger partial charge on any atom is 0.251 e. The number of amides is 2. The van der Waals surface area contributed by atoms with Crippen molar-refractivity contribution in [1.82, 2.24) is 25.6 Å². The third-order valence-electron chi connectivity index (χ3n) is 11.5. The Morgan fingerprint density at radius 3 is 1.31 bits per heavy atom. The molecule has 1 aromatic heterocycles. The van der Waals surface area contributed by atoms with E-state index in [-0.39, 0.29) is 52.0 Å². The Morgan fingerprint density at radius 2 is 0.900 bits per heavy atom. The third kappa shape index (κ3) is 34.2. The molecular formula is C57H93N5O17S. The largest absolute Gasteiger partial charge is 0.379 e. The highest BCUT2D eigenvalue weighted by atomic mass is 32.2. The zero-order valence-electron chi connectivity index (χ0n) is 48.7. The van der Waals surface area contributed by atoms with Crippen molar-refractivity contribution in [2.24, 2.45) is 11.3 Å². The quantitative estimate of drug-likeness (QED) is 0.0573. The van der Waals surface area contributed by atoms with Gasteiger partial charge in [-0.15, -0.1) is 5.10 Å². The Hall–Kier alpha value is -4.34. The summed E-state index contributed by atoms with van der Waals surface area (Å²) in [6.07, 6.45) is 2.59. The summed E-state index contributed by atoms with van der Waals surface area (Å²) in [5, 5.41) is 13.9. The van der Waals surface area contributed by atoms with Gasteiger partial charge in [-0.1, -0.05) is 76.6 Å². The van der Waals surface area contributed by atoms with E-state index in [2.05, 4.69) is 41.7 Å². The normalized spacial score (nSPS) is 12.5. The molecule has 23 heteroatoms. The van der Waals surface area contributed by atoms with Crippen molar-refractivity contribution >= 4 is 27.4 Å². The second-order valence-corrected chi connectivity index (χ2v) is 22.9. The van der Waals surface area contributed by atoms with Gasteiger partial charge < -0.3 is 67.5 Å². The van der Waals surface area contributed by atoms with Gasteiger partial charge in [0.05, 0.1) is 181 Å². The van der Waals surface area contributed by atoms with Crippen LogP contribution < -0.4 is 10.6 Å². The first-order chi connectivity index (χ1) is 38.4. The highest BCUT2D eigenvalue weighted by Crippen LogP contribution is 2.30. The van der Waals surface area contributed by atoms with Gasteiger partial charge in [0.1, 0.15) is 0 Å². The number of nitrogens with zero attached hydrogens (tertiary/aromatic N) is 3. The smallest absolute Gasteiger partial charge is 0.251 e. The number of ketones is 1. The molecule has 0 saturated heterocycles. The monoisotopic (exact) mass is 1150 g/mol. The first-order valence-corrected chi connectivity index (χ1v) is 29.4. The summed E-state index contributed by atoms with van der Waals surface area (Å²) in [7, 11) is -3.70. The van der Waals surface area contributed by atoms with Crippen LogP contribution in [0.15, 0.2) is 59.6 Å². The molecule has 1 unspecified atom stereocenters. The molecule has 0 spiro atoms. The van der Waals surface area contributed by atoms with Gasteiger partial charge >= 0.3 is 0 Å². The van der Waals surface area contributed by atoms with Crippen LogP contribution in [0.1, 0.15) is 86.4 Å². The van der Waals surface area contributed by atoms with Crippen LogP contribution >= 0.6 is 0 Å². The zero-order valence-corrected chi connectivity index (χ0v) is 49.5. The lowest BCUT2D eigenvalue weighted by atomic mass is 9.82. The van der Waals surface area contributed by atoms with E-state index in [1.54, 1.807) is 53.2 Å². The lowest BCUT2D eigenvalue weighted by Crippen LogP contribution is -2.29. The summed E-state index contributed by atoms with van der Waals surface area (Å²) >= 11 is 0. The molecule has 0 radical (unpaired) electrons. The number of carbonyl (C=O) groups excluding carboxylic acids is 3. The number of rotatable bonds is 49. The maximum atomic E-state index is 13.6. The topological polar surface area (TPSA) is 251 Å². The molecule has 1 atom stereocenters. The second-order valence-electron chi connectivity index (χ2n) is 20.8. The Morgan fingerprint density at radius 1 is 0.512 bits per heavy atom. The molecule has 2 N–H and O–H groups in total. The van der Waals surface area contributed by atoms with Crippen molar-refractivity contribution in [2.45, 2.75) is 78.2 Å². The van der Waals surface area contributed by atoms with E-state index in [1.165, 1.54) is 0 Å². The molecule has 0 aliphatic rings. The molecule has 1 heterocycles. The highest BCUT2D eigenvalue weighted by Gasteiger charge is 2.31. The summed E-state index contributed by atoms with van der Waals surface area (Å²) in [4.78, 5) is 38.5. The van der Waals surface area contributed by atoms with Crippen LogP contribution in [0.2, 0.25) is 0 Å². The Kier molecular flexibility index (Phi) is 36.4. The highest BCUT2D eigenvalue weighted by molar-refractivity contribution is 7.91. The van der Waals surface area contributed by atoms with Gasteiger partial charge in [0, 0.05) is 48.2 Å². The number of aryl methyl sites for hydroxylation is 1. The Labute approximate surface area is 475 Å². The van der Waals surface area contributed by atoms with E-state index in [1.807, 2.05) is 33.9 Å². The van der Waals surface area contributed by atoms with Crippen molar-refractivity contribution in [3.8, 4) is 0 Å². The van der Waals surface area contributed by atoms with Crippen molar-refractivity contribution < 1.29 is 79.6 Å². The molecule has 2 amide bonds. The van der Waals surface area contributed by atoms with Gasteiger partial charge in [-0.25, -0.2) is 13.1 Å². The van der Waals surface area contributed by atoms with E-state index in [9.17, 15) is 22.8 Å². The van der Waals surface area contributed by atoms with E-state index in [4.69, 9.17) is 56.8 Å². The molecule has 3 rings (SSSR count).